The summed E-state index contributed by atoms with van der Waals surface area (Å²) in [5.41, 5.74) is 0. The van der Waals surface area contributed by atoms with E-state index in [0.717, 1.165) is 25.7 Å². The van der Waals surface area contributed by atoms with E-state index in [4.69, 9.17) is 0 Å². The lowest BCUT2D eigenvalue weighted by atomic mass is 10.1. The van der Waals surface area contributed by atoms with Gasteiger partial charge in [-0.3, -0.25) is 4.79 Å². The Morgan fingerprint density at radius 1 is 1.24 bits per heavy atom. The second-order valence-corrected chi connectivity index (χ2v) is 8.28. The average Bonchev–Trinajstić information content (AvgIpc) is 2.86. The Labute approximate surface area is 130 Å². The highest BCUT2D eigenvalue weighted by Crippen LogP contribution is 2.17. The number of rotatable bonds is 6. The van der Waals surface area contributed by atoms with E-state index >= 15 is 0 Å². The van der Waals surface area contributed by atoms with Crippen molar-refractivity contribution in [2.24, 2.45) is 0 Å². The van der Waals surface area contributed by atoms with Crippen molar-refractivity contribution in [3.63, 3.8) is 0 Å². The van der Waals surface area contributed by atoms with Gasteiger partial charge in [-0.1, -0.05) is 31.7 Å². The summed E-state index contributed by atoms with van der Waals surface area (Å²) in [4.78, 5) is 11.9. The number of amides is 1. The molecule has 1 aliphatic carbocycles. The Morgan fingerprint density at radius 2 is 1.95 bits per heavy atom. The zero-order valence-corrected chi connectivity index (χ0v) is 13.6. The molecule has 1 aliphatic rings. The van der Waals surface area contributed by atoms with E-state index in [1.54, 1.807) is 17.5 Å². The van der Waals surface area contributed by atoms with E-state index in [-0.39, 0.29) is 29.1 Å². The van der Waals surface area contributed by atoms with Crippen LogP contribution < -0.4 is 10.0 Å². The molecule has 1 heterocycles. The lowest BCUT2D eigenvalue weighted by Crippen LogP contribution is -2.36. The summed E-state index contributed by atoms with van der Waals surface area (Å²) in [7, 11) is -3.46. The van der Waals surface area contributed by atoms with Crippen molar-refractivity contribution in [2.45, 2.75) is 55.2 Å². The van der Waals surface area contributed by atoms with Gasteiger partial charge in [-0.15, -0.1) is 11.3 Å². The summed E-state index contributed by atoms with van der Waals surface area (Å²) in [6.07, 6.45) is 7.06. The molecule has 0 aromatic carbocycles. The van der Waals surface area contributed by atoms with Crippen LogP contribution in [-0.4, -0.2) is 26.9 Å². The van der Waals surface area contributed by atoms with E-state index in [1.165, 1.54) is 24.2 Å². The third kappa shape index (κ3) is 5.41. The second-order valence-electron chi connectivity index (χ2n) is 5.34. The summed E-state index contributed by atoms with van der Waals surface area (Å²) in [6.45, 7) is 0.138. The first-order chi connectivity index (χ1) is 10.1. The molecule has 0 aliphatic heterocycles. The lowest BCUT2D eigenvalue weighted by Gasteiger charge is -2.16. The Balaban J connectivity index is 1.71. The predicted octanol–water partition coefficient (Wildman–Crippen LogP) is 2.26. The van der Waals surface area contributed by atoms with Crippen LogP contribution in [0.5, 0.6) is 0 Å². The topological polar surface area (TPSA) is 75.3 Å². The first kappa shape index (κ1) is 16.5. The van der Waals surface area contributed by atoms with Gasteiger partial charge in [0.05, 0.1) is 0 Å². The van der Waals surface area contributed by atoms with Crippen molar-refractivity contribution in [2.75, 3.05) is 6.54 Å². The van der Waals surface area contributed by atoms with Crippen molar-refractivity contribution in [3.8, 4) is 0 Å². The Hall–Kier alpha value is -0.920. The fraction of sp³-hybridized carbons (Fsp3) is 0.643. The van der Waals surface area contributed by atoms with Crippen molar-refractivity contribution >= 4 is 27.3 Å². The minimum atomic E-state index is -3.46. The monoisotopic (exact) mass is 330 g/mol. The van der Waals surface area contributed by atoms with Crippen LogP contribution in [0, 0.1) is 0 Å². The first-order valence-electron chi connectivity index (χ1n) is 7.40. The molecule has 2 N–H and O–H groups in total. The van der Waals surface area contributed by atoms with Crippen LogP contribution in [0.2, 0.25) is 0 Å². The SMILES string of the molecule is O=C(CCNS(=O)(=O)c1cccs1)NC1CCCCCC1. The number of hydrogen-bond acceptors (Lipinski definition) is 4. The molecule has 1 fully saturated rings. The van der Waals surface area contributed by atoms with Crippen molar-refractivity contribution in [1.29, 1.82) is 0 Å². The third-order valence-corrected chi connectivity index (χ3v) is 6.48. The van der Waals surface area contributed by atoms with Crippen molar-refractivity contribution < 1.29 is 13.2 Å². The Bertz CT molecular complexity index is 533. The van der Waals surface area contributed by atoms with Gasteiger partial charge in [0.15, 0.2) is 0 Å². The molecule has 0 atom stereocenters. The van der Waals surface area contributed by atoms with Crippen LogP contribution in [-0.2, 0) is 14.8 Å². The largest absolute Gasteiger partial charge is 0.353 e. The molecule has 0 radical (unpaired) electrons. The molecular weight excluding hydrogens is 308 g/mol. The van der Waals surface area contributed by atoms with Crippen LogP contribution in [0.3, 0.4) is 0 Å². The minimum Gasteiger partial charge on any atom is -0.353 e. The van der Waals surface area contributed by atoms with Crippen LogP contribution >= 0.6 is 11.3 Å². The standard InChI is InChI=1S/C14H22N2O3S2/c17-13(16-12-6-3-1-2-4-7-12)9-10-15-21(18,19)14-8-5-11-20-14/h5,8,11-12,15H,1-4,6-7,9-10H2,(H,16,17). The molecular formula is C14H22N2O3S2. The van der Waals surface area contributed by atoms with E-state index in [1.807, 2.05) is 0 Å². The van der Waals surface area contributed by atoms with Crippen LogP contribution in [0.25, 0.3) is 0 Å². The smallest absolute Gasteiger partial charge is 0.250 e. The van der Waals surface area contributed by atoms with E-state index in [0.29, 0.717) is 0 Å². The highest BCUT2D eigenvalue weighted by atomic mass is 32.2. The summed E-state index contributed by atoms with van der Waals surface area (Å²) >= 11 is 1.17. The van der Waals surface area contributed by atoms with E-state index in [2.05, 4.69) is 10.0 Å². The third-order valence-electron chi connectivity index (χ3n) is 3.62. The van der Waals surface area contributed by atoms with Gasteiger partial charge in [-0.05, 0) is 24.3 Å². The maximum absolute atomic E-state index is 11.9. The number of carbonyl (C=O) groups excluding carboxylic acids is 1. The average molecular weight is 330 g/mol. The van der Waals surface area contributed by atoms with Gasteiger partial charge in [-0.25, -0.2) is 13.1 Å². The van der Waals surface area contributed by atoms with Gasteiger partial charge in [0.1, 0.15) is 4.21 Å². The normalized spacial score (nSPS) is 17.3. The zero-order valence-electron chi connectivity index (χ0n) is 12.0. The van der Waals surface area contributed by atoms with Crippen LogP contribution in [0.1, 0.15) is 44.9 Å². The molecule has 0 saturated heterocycles. The molecule has 0 unspecified atom stereocenters. The molecule has 21 heavy (non-hydrogen) atoms. The highest BCUT2D eigenvalue weighted by Gasteiger charge is 2.17. The fourth-order valence-electron chi connectivity index (χ4n) is 2.51. The van der Waals surface area contributed by atoms with E-state index < -0.39 is 10.0 Å². The summed E-state index contributed by atoms with van der Waals surface area (Å²) in [6, 6.07) is 3.50. The Kier molecular flexibility index (Phi) is 6.20. The van der Waals surface area contributed by atoms with E-state index in [9.17, 15) is 13.2 Å². The molecule has 118 valence electrons. The van der Waals surface area contributed by atoms with Gasteiger partial charge in [-0.2, -0.15) is 0 Å². The van der Waals surface area contributed by atoms with Gasteiger partial charge < -0.3 is 5.32 Å². The molecule has 1 saturated carbocycles. The van der Waals surface area contributed by atoms with Gasteiger partial charge in [0.25, 0.3) is 0 Å². The number of hydrogen-bond donors (Lipinski definition) is 2. The summed E-state index contributed by atoms with van der Waals surface area (Å²) in [5, 5.41) is 4.72. The number of sulfonamides is 1. The minimum absolute atomic E-state index is 0.0734. The number of thiophene rings is 1. The second kappa shape index (κ2) is 7.91. The maximum Gasteiger partial charge on any atom is 0.250 e. The molecule has 1 aromatic rings. The summed E-state index contributed by atoms with van der Waals surface area (Å²) in [5.74, 6) is -0.0734. The quantitative estimate of drug-likeness (QED) is 0.786. The lowest BCUT2D eigenvalue weighted by molar-refractivity contribution is -0.121. The van der Waals surface area contributed by atoms with Gasteiger partial charge in [0.2, 0.25) is 15.9 Å². The Morgan fingerprint density at radius 3 is 2.57 bits per heavy atom. The fourth-order valence-corrected chi connectivity index (χ4v) is 4.58. The number of carbonyl (C=O) groups is 1. The molecule has 7 heteroatoms. The molecule has 5 nitrogen and oxygen atoms in total. The molecule has 1 amide bonds. The maximum atomic E-state index is 11.9. The van der Waals surface area contributed by atoms with Gasteiger partial charge >= 0.3 is 0 Å². The molecule has 0 spiro atoms. The van der Waals surface area contributed by atoms with Crippen molar-refractivity contribution in [1.82, 2.24) is 10.0 Å². The predicted molar refractivity (Wildman–Crippen MR) is 83.8 cm³/mol. The zero-order chi connectivity index (χ0) is 15.1. The number of nitrogens with one attached hydrogen (secondary N) is 2. The van der Waals surface area contributed by atoms with Gasteiger partial charge in [0, 0.05) is 19.0 Å². The summed E-state index contributed by atoms with van der Waals surface area (Å²) < 4.78 is 26.5. The van der Waals surface area contributed by atoms with Crippen LogP contribution in [0.4, 0.5) is 0 Å². The molecule has 0 bridgehead atoms. The molecule has 1 aromatic heterocycles. The van der Waals surface area contributed by atoms with Crippen LogP contribution in [0.15, 0.2) is 21.7 Å². The molecule has 2 rings (SSSR count). The van der Waals surface area contributed by atoms with Crippen molar-refractivity contribution in [3.05, 3.63) is 17.5 Å². The first-order valence-corrected chi connectivity index (χ1v) is 9.77. The highest BCUT2D eigenvalue weighted by molar-refractivity contribution is 7.91.